The molecule has 5 aliphatic rings. The molecule has 194 valence electrons. The lowest BCUT2D eigenvalue weighted by Gasteiger charge is -2.47. The maximum absolute atomic E-state index is 14.4. The fraction of sp³-hybridized carbons (Fsp3) is 0.226. The molecule has 39 heavy (non-hydrogen) atoms. The van der Waals surface area contributed by atoms with Crippen LogP contribution in [0.2, 0.25) is 0 Å². The molecule has 4 atom stereocenters. The highest BCUT2D eigenvalue weighted by molar-refractivity contribution is 8.24. The number of rotatable bonds is 3. The maximum Gasteiger partial charge on any atom is 0.260 e. The van der Waals surface area contributed by atoms with Crippen molar-refractivity contribution in [2.75, 3.05) is 11.9 Å². The fourth-order valence-corrected chi connectivity index (χ4v) is 10.2. The molecule has 3 aromatic carbocycles. The third-order valence-electron chi connectivity index (χ3n) is 8.82. The van der Waals surface area contributed by atoms with Crippen molar-refractivity contribution in [2.24, 2.45) is 0 Å². The van der Waals surface area contributed by atoms with Crippen LogP contribution < -0.4 is 4.90 Å². The number of likely N-dealkylation sites (N-methyl/N-ethyl adjacent to an activating group) is 1. The highest BCUT2D eigenvalue weighted by Gasteiger charge is 2.74. The van der Waals surface area contributed by atoms with E-state index in [1.807, 2.05) is 29.2 Å². The van der Waals surface area contributed by atoms with Gasteiger partial charge < -0.3 is 14.8 Å². The average molecular weight is 551 g/mol. The highest BCUT2D eigenvalue weighted by atomic mass is 32.2. The number of nitrogens with zero attached hydrogens (tertiary/aromatic N) is 3. The van der Waals surface area contributed by atoms with Gasteiger partial charge in [-0.2, -0.15) is 0 Å². The second kappa shape index (κ2) is 7.96. The molecule has 0 aliphatic carbocycles. The van der Waals surface area contributed by atoms with Crippen molar-refractivity contribution in [1.82, 2.24) is 14.8 Å². The SMILES string of the molecule is C=C1S[C@@H]2C(=O)N3[C@H]4N(c5ccccc5)c5ccccc5C4(Cc4c[nH]c5ccccc45)CC3(S1)C(=O)N2C. The van der Waals surface area contributed by atoms with Gasteiger partial charge in [0.25, 0.3) is 11.8 Å². The first-order valence-electron chi connectivity index (χ1n) is 13.1. The van der Waals surface area contributed by atoms with Crippen LogP contribution in [-0.2, 0) is 21.4 Å². The average Bonchev–Trinajstić information content (AvgIpc) is 3.53. The molecule has 5 aliphatic heterocycles. The maximum atomic E-state index is 14.4. The number of para-hydroxylation sites is 3. The van der Waals surface area contributed by atoms with Gasteiger partial charge in [-0.05, 0) is 41.8 Å². The van der Waals surface area contributed by atoms with Gasteiger partial charge in [-0.1, -0.05) is 84.7 Å². The van der Waals surface area contributed by atoms with Crippen LogP contribution in [0.4, 0.5) is 11.4 Å². The van der Waals surface area contributed by atoms with Crippen molar-refractivity contribution in [3.8, 4) is 0 Å². The predicted molar refractivity (Wildman–Crippen MR) is 158 cm³/mol. The molecule has 6 nitrogen and oxygen atoms in total. The van der Waals surface area contributed by atoms with E-state index in [9.17, 15) is 9.59 Å². The van der Waals surface area contributed by atoms with Crippen LogP contribution in [0.3, 0.4) is 0 Å². The summed E-state index contributed by atoms with van der Waals surface area (Å²) in [5.74, 6) is -0.0331. The summed E-state index contributed by atoms with van der Waals surface area (Å²) in [6, 6.07) is 27.1. The Hall–Kier alpha value is -3.62. The number of H-pyrrole nitrogens is 1. The Morgan fingerprint density at radius 3 is 2.59 bits per heavy atom. The van der Waals surface area contributed by atoms with Crippen LogP contribution in [0, 0.1) is 0 Å². The molecule has 4 saturated heterocycles. The number of piperazine rings is 1. The number of hydrogen-bond donors (Lipinski definition) is 1. The molecule has 4 fully saturated rings. The second-order valence-corrected chi connectivity index (χ2v) is 13.6. The zero-order chi connectivity index (χ0) is 26.5. The van der Waals surface area contributed by atoms with E-state index in [0.29, 0.717) is 12.8 Å². The minimum absolute atomic E-state index is 0.0126. The molecule has 0 radical (unpaired) electrons. The van der Waals surface area contributed by atoms with E-state index in [2.05, 4.69) is 77.3 Å². The number of benzene rings is 3. The lowest BCUT2D eigenvalue weighted by atomic mass is 9.73. The van der Waals surface area contributed by atoms with E-state index in [1.165, 1.54) is 40.0 Å². The molecule has 0 saturated carbocycles. The van der Waals surface area contributed by atoms with Gasteiger partial charge >= 0.3 is 0 Å². The van der Waals surface area contributed by atoms with Crippen LogP contribution >= 0.6 is 23.5 Å². The number of hydrogen-bond acceptors (Lipinski definition) is 5. The summed E-state index contributed by atoms with van der Waals surface area (Å²) in [5, 5.41) is 0.561. The molecule has 4 aromatic rings. The Morgan fingerprint density at radius 1 is 1.00 bits per heavy atom. The standard InChI is InChI=1S/C31H26N4O2S2/c1-19-38-27-26(36)35-28-30(18-31(35,39-19)29(37)33(27)2,16-20-17-32-24-14-8-6-12-22(20)24)23-13-7-9-15-25(23)34(28)21-10-4-3-5-11-21/h3-15,17,27-28,32H,1,16,18H2,2H3/t27-,28-,30?,31?/m1/s1. The van der Waals surface area contributed by atoms with Gasteiger partial charge in [0.2, 0.25) is 0 Å². The summed E-state index contributed by atoms with van der Waals surface area (Å²) in [7, 11) is 1.76. The summed E-state index contributed by atoms with van der Waals surface area (Å²) in [5.41, 5.74) is 5.04. The van der Waals surface area contributed by atoms with Crippen molar-refractivity contribution in [3.05, 3.63) is 107 Å². The zero-order valence-corrected chi connectivity index (χ0v) is 23.0. The molecule has 2 bridgehead atoms. The first kappa shape index (κ1) is 23.3. The quantitative estimate of drug-likeness (QED) is 0.349. The number of nitrogens with one attached hydrogen (secondary N) is 1. The molecule has 2 amide bonds. The van der Waals surface area contributed by atoms with Crippen molar-refractivity contribution < 1.29 is 9.59 Å². The summed E-state index contributed by atoms with van der Waals surface area (Å²) in [6.45, 7) is 4.28. The second-order valence-electron chi connectivity index (χ2n) is 10.8. The number of amides is 2. The van der Waals surface area contributed by atoms with Gasteiger partial charge in [0.15, 0.2) is 10.2 Å². The first-order chi connectivity index (χ1) is 18.9. The molecular weight excluding hydrogens is 525 g/mol. The fourth-order valence-electron chi connectivity index (χ4n) is 7.36. The normalized spacial score (nSPS) is 29.2. The Labute approximate surface area is 235 Å². The van der Waals surface area contributed by atoms with Crippen molar-refractivity contribution in [3.63, 3.8) is 0 Å². The molecule has 6 heterocycles. The van der Waals surface area contributed by atoms with E-state index in [0.717, 1.165) is 21.1 Å². The van der Waals surface area contributed by atoms with Gasteiger partial charge in [-0.25, -0.2) is 0 Å². The van der Waals surface area contributed by atoms with E-state index >= 15 is 0 Å². The molecule has 2 unspecified atom stereocenters. The van der Waals surface area contributed by atoms with Gasteiger partial charge in [0.05, 0.1) is 0 Å². The number of carbonyl (C=O) groups is 2. The van der Waals surface area contributed by atoms with E-state index in [-0.39, 0.29) is 18.0 Å². The highest BCUT2D eigenvalue weighted by Crippen LogP contribution is 2.67. The van der Waals surface area contributed by atoms with Gasteiger partial charge in [0, 0.05) is 51.6 Å². The summed E-state index contributed by atoms with van der Waals surface area (Å²) < 4.78 is 0.815. The molecular formula is C31H26N4O2S2. The summed E-state index contributed by atoms with van der Waals surface area (Å²) in [4.78, 5) is 37.0. The molecule has 1 spiro atoms. The largest absolute Gasteiger partial charge is 0.361 e. The van der Waals surface area contributed by atoms with E-state index in [4.69, 9.17) is 0 Å². The van der Waals surface area contributed by atoms with E-state index < -0.39 is 15.7 Å². The Balaban J connectivity index is 1.42. The monoisotopic (exact) mass is 550 g/mol. The van der Waals surface area contributed by atoms with Gasteiger partial charge in [0.1, 0.15) is 6.17 Å². The first-order valence-corrected chi connectivity index (χ1v) is 14.8. The minimum atomic E-state index is -1.06. The molecule has 1 N–H and O–H groups in total. The predicted octanol–water partition coefficient (Wildman–Crippen LogP) is 5.80. The topological polar surface area (TPSA) is 59.7 Å². The number of aromatic nitrogens is 1. The molecule has 9 rings (SSSR count). The van der Waals surface area contributed by atoms with E-state index in [1.54, 1.807) is 11.9 Å². The Kier molecular flexibility index (Phi) is 4.75. The third kappa shape index (κ3) is 2.91. The van der Waals surface area contributed by atoms with Crippen LogP contribution in [0.1, 0.15) is 17.5 Å². The van der Waals surface area contributed by atoms with Crippen LogP contribution in [0.5, 0.6) is 0 Å². The van der Waals surface area contributed by atoms with Crippen molar-refractivity contribution in [1.29, 1.82) is 0 Å². The van der Waals surface area contributed by atoms with Crippen LogP contribution in [-0.4, -0.2) is 50.1 Å². The van der Waals surface area contributed by atoms with Gasteiger partial charge in [-0.15, -0.1) is 0 Å². The lowest BCUT2D eigenvalue weighted by Crippen LogP contribution is -2.68. The number of thioether (sulfide) groups is 2. The lowest BCUT2D eigenvalue weighted by molar-refractivity contribution is -0.157. The van der Waals surface area contributed by atoms with Crippen molar-refractivity contribution >= 4 is 57.6 Å². The molecule has 1 aromatic heterocycles. The smallest absolute Gasteiger partial charge is 0.260 e. The third-order valence-corrected chi connectivity index (χ3v) is 11.4. The number of aromatic amines is 1. The Bertz CT molecular complexity index is 1700. The number of carbonyl (C=O) groups excluding carboxylic acids is 2. The van der Waals surface area contributed by atoms with Crippen LogP contribution in [0.25, 0.3) is 10.9 Å². The number of anilines is 2. The number of fused-ring (bicyclic) bond motifs is 7. The summed E-state index contributed by atoms with van der Waals surface area (Å²) in [6.07, 6.45) is 2.93. The minimum Gasteiger partial charge on any atom is -0.361 e. The summed E-state index contributed by atoms with van der Waals surface area (Å²) >= 11 is 2.87. The zero-order valence-electron chi connectivity index (χ0n) is 21.3. The van der Waals surface area contributed by atoms with Crippen molar-refractivity contribution in [2.45, 2.75) is 34.7 Å². The Morgan fingerprint density at radius 2 is 1.74 bits per heavy atom. The van der Waals surface area contributed by atoms with Crippen LogP contribution in [0.15, 0.2) is 95.9 Å². The van der Waals surface area contributed by atoms with Gasteiger partial charge in [-0.3, -0.25) is 14.5 Å². The molecule has 8 heteroatoms.